The van der Waals surface area contributed by atoms with Crippen LogP contribution in [0.4, 0.5) is 11.4 Å². The molecule has 0 unspecified atom stereocenters. The summed E-state index contributed by atoms with van der Waals surface area (Å²) < 4.78 is 0. The molecule has 0 saturated heterocycles. The summed E-state index contributed by atoms with van der Waals surface area (Å²) in [5.41, 5.74) is 4.98. The van der Waals surface area contributed by atoms with Crippen LogP contribution >= 0.6 is 0 Å². The van der Waals surface area contributed by atoms with Gasteiger partial charge in [-0.3, -0.25) is 0 Å². The zero-order valence-corrected chi connectivity index (χ0v) is 10.8. The average molecular weight is 218 g/mol. The summed E-state index contributed by atoms with van der Waals surface area (Å²) in [6.45, 7) is 11.2. The highest BCUT2D eigenvalue weighted by Gasteiger charge is 2.06. The molecule has 0 aliphatic heterocycles. The van der Waals surface area contributed by atoms with Crippen LogP contribution in [-0.2, 0) is 0 Å². The number of hydrogen-bond acceptors (Lipinski definition) is 2. The Morgan fingerprint density at radius 1 is 1.31 bits per heavy atom. The minimum atomic E-state index is 1.09. The van der Waals surface area contributed by atoms with Crippen molar-refractivity contribution in [2.75, 3.05) is 23.8 Å². The number of nitrogens with one attached hydrogen (secondary N) is 1. The Bertz CT molecular complexity index is 346. The number of anilines is 2. The quantitative estimate of drug-likeness (QED) is 0.810. The molecule has 1 aromatic rings. The maximum absolute atomic E-state index is 3.70. The molecule has 0 amide bonds. The predicted molar refractivity (Wildman–Crippen MR) is 73.3 cm³/mol. The van der Waals surface area contributed by atoms with Gasteiger partial charge in [0.25, 0.3) is 0 Å². The van der Waals surface area contributed by atoms with E-state index in [-0.39, 0.29) is 0 Å². The van der Waals surface area contributed by atoms with E-state index in [0.717, 1.165) is 6.54 Å². The fourth-order valence-corrected chi connectivity index (χ4v) is 1.96. The lowest BCUT2D eigenvalue weighted by molar-refractivity contribution is 0.851. The van der Waals surface area contributed by atoms with Gasteiger partial charge in [-0.1, -0.05) is 13.5 Å². The minimum absolute atomic E-state index is 1.09. The fraction of sp³-hybridized carbons (Fsp3) is 0.429. The van der Waals surface area contributed by atoms with Crippen LogP contribution < -0.4 is 10.2 Å². The zero-order valence-electron chi connectivity index (χ0n) is 10.8. The number of rotatable bonds is 5. The van der Waals surface area contributed by atoms with Crippen molar-refractivity contribution in [1.82, 2.24) is 0 Å². The van der Waals surface area contributed by atoms with Crippen LogP contribution in [0.2, 0.25) is 0 Å². The summed E-state index contributed by atoms with van der Waals surface area (Å²) in [7, 11) is 2.14. The van der Waals surface area contributed by atoms with Crippen LogP contribution in [0.15, 0.2) is 24.9 Å². The Hall–Kier alpha value is -1.44. The van der Waals surface area contributed by atoms with Gasteiger partial charge in [0.2, 0.25) is 0 Å². The van der Waals surface area contributed by atoms with Crippen LogP contribution in [0.25, 0.3) is 0 Å². The van der Waals surface area contributed by atoms with E-state index < -0.39 is 0 Å². The third kappa shape index (κ3) is 2.78. The summed E-state index contributed by atoms with van der Waals surface area (Å²) in [5, 5.41) is 3.19. The molecule has 0 aromatic heterocycles. The molecule has 1 rings (SSSR count). The molecule has 0 aliphatic carbocycles. The summed E-state index contributed by atoms with van der Waals surface area (Å²) >= 11 is 0. The van der Waals surface area contributed by atoms with Gasteiger partial charge < -0.3 is 10.2 Å². The Morgan fingerprint density at radius 3 is 2.31 bits per heavy atom. The molecule has 1 aromatic carbocycles. The van der Waals surface area contributed by atoms with Gasteiger partial charge >= 0.3 is 0 Å². The molecule has 2 heteroatoms. The van der Waals surface area contributed by atoms with Crippen molar-refractivity contribution >= 4 is 11.4 Å². The number of benzene rings is 1. The first-order valence-electron chi connectivity index (χ1n) is 5.80. The second-order valence-electron chi connectivity index (χ2n) is 4.22. The van der Waals surface area contributed by atoms with E-state index in [2.05, 4.69) is 56.7 Å². The summed E-state index contributed by atoms with van der Waals surface area (Å²) in [6, 6.07) is 4.43. The van der Waals surface area contributed by atoms with Crippen molar-refractivity contribution in [3.63, 3.8) is 0 Å². The zero-order chi connectivity index (χ0) is 12.1. The summed E-state index contributed by atoms with van der Waals surface area (Å²) in [6.07, 6.45) is 2.89. The summed E-state index contributed by atoms with van der Waals surface area (Å²) in [4.78, 5) is 2.29. The van der Waals surface area contributed by atoms with Crippen molar-refractivity contribution in [2.24, 2.45) is 0 Å². The lowest BCUT2D eigenvalue weighted by atomic mass is 10.1. The number of hydrogen-bond donors (Lipinski definition) is 1. The van der Waals surface area contributed by atoms with Gasteiger partial charge in [0, 0.05) is 25.0 Å². The van der Waals surface area contributed by atoms with Crippen LogP contribution in [0, 0.1) is 13.8 Å². The molecular weight excluding hydrogens is 196 g/mol. The molecule has 0 saturated carbocycles. The largest absolute Gasteiger partial charge is 0.375 e. The first kappa shape index (κ1) is 12.6. The lowest BCUT2D eigenvalue weighted by Gasteiger charge is -2.21. The van der Waals surface area contributed by atoms with Crippen molar-refractivity contribution in [1.29, 1.82) is 0 Å². The SMILES string of the molecule is C=CNc1c(C)cc(N(C)CCC)cc1C. The molecule has 0 spiro atoms. The maximum Gasteiger partial charge on any atom is 0.0440 e. The second-order valence-corrected chi connectivity index (χ2v) is 4.22. The van der Waals surface area contributed by atoms with E-state index in [0.29, 0.717) is 0 Å². The maximum atomic E-state index is 3.70. The molecule has 0 aliphatic rings. The molecule has 0 atom stereocenters. The van der Waals surface area contributed by atoms with Crippen LogP contribution in [0.1, 0.15) is 24.5 Å². The lowest BCUT2D eigenvalue weighted by Crippen LogP contribution is -2.18. The van der Waals surface area contributed by atoms with Crippen LogP contribution in [0.5, 0.6) is 0 Å². The molecule has 0 heterocycles. The molecule has 88 valence electrons. The van der Waals surface area contributed by atoms with E-state index in [1.54, 1.807) is 6.20 Å². The molecule has 1 N–H and O–H groups in total. The van der Waals surface area contributed by atoms with Crippen LogP contribution in [-0.4, -0.2) is 13.6 Å². The van der Waals surface area contributed by atoms with E-state index in [4.69, 9.17) is 0 Å². The topological polar surface area (TPSA) is 15.3 Å². The summed E-state index contributed by atoms with van der Waals surface area (Å²) in [5.74, 6) is 0. The van der Waals surface area contributed by atoms with E-state index in [1.165, 1.54) is 28.9 Å². The van der Waals surface area contributed by atoms with Crippen molar-refractivity contribution in [2.45, 2.75) is 27.2 Å². The van der Waals surface area contributed by atoms with Gasteiger partial charge in [-0.15, -0.1) is 0 Å². The fourth-order valence-electron chi connectivity index (χ4n) is 1.96. The highest BCUT2D eigenvalue weighted by atomic mass is 15.1. The van der Waals surface area contributed by atoms with Gasteiger partial charge in [0.15, 0.2) is 0 Å². The van der Waals surface area contributed by atoms with E-state index in [9.17, 15) is 0 Å². The first-order chi connectivity index (χ1) is 7.60. The predicted octanol–water partition coefficient (Wildman–Crippen LogP) is 3.71. The monoisotopic (exact) mass is 218 g/mol. The molecule has 0 bridgehead atoms. The van der Waals surface area contributed by atoms with Gasteiger partial charge in [-0.2, -0.15) is 0 Å². The van der Waals surface area contributed by atoms with E-state index in [1.807, 2.05) is 0 Å². The van der Waals surface area contributed by atoms with Crippen molar-refractivity contribution in [3.05, 3.63) is 36.0 Å². The van der Waals surface area contributed by atoms with Gasteiger partial charge in [-0.25, -0.2) is 0 Å². The standard InChI is InChI=1S/C14H22N2/c1-6-8-16(5)13-9-11(3)14(15-7-2)12(4)10-13/h7,9-10,15H,2,6,8H2,1,3-5H3. The Labute approximate surface area is 99.0 Å². The van der Waals surface area contributed by atoms with Gasteiger partial charge in [0.1, 0.15) is 0 Å². The minimum Gasteiger partial charge on any atom is -0.375 e. The molecule has 16 heavy (non-hydrogen) atoms. The smallest absolute Gasteiger partial charge is 0.0440 e. The third-order valence-corrected chi connectivity index (χ3v) is 2.76. The number of nitrogens with zero attached hydrogens (tertiary/aromatic N) is 1. The normalized spacial score (nSPS) is 10.0. The second kappa shape index (κ2) is 5.59. The molecular formula is C14H22N2. The molecule has 0 radical (unpaired) electrons. The van der Waals surface area contributed by atoms with Crippen molar-refractivity contribution in [3.8, 4) is 0 Å². The van der Waals surface area contributed by atoms with Gasteiger partial charge in [-0.05, 0) is 49.7 Å². The third-order valence-electron chi connectivity index (χ3n) is 2.76. The number of aryl methyl sites for hydroxylation is 2. The molecule has 0 fully saturated rings. The highest BCUT2D eigenvalue weighted by molar-refractivity contribution is 5.65. The highest BCUT2D eigenvalue weighted by Crippen LogP contribution is 2.26. The van der Waals surface area contributed by atoms with E-state index >= 15 is 0 Å². The van der Waals surface area contributed by atoms with Crippen molar-refractivity contribution < 1.29 is 0 Å². The van der Waals surface area contributed by atoms with Gasteiger partial charge in [0.05, 0.1) is 0 Å². The first-order valence-corrected chi connectivity index (χ1v) is 5.80. The Morgan fingerprint density at radius 2 is 1.88 bits per heavy atom. The van der Waals surface area contributed by atoms with Crippen LogP contribution in [0.3, 0.4) is 0 Å². The molecule has 2 nitrogen and oxygen atoms in total. The Kier molecular flexibility index (Phi) is 4.41. The Balaban J connectivity index is 3.03. The average Bonchev–Trinajstić information content (AvgIpc) is 2.23.